The zero-order valence-corrected chi connectivity index (χ0v) is 18.7. The fourth-order valence-corrected chi connectivity index (χ4v) is 0.785. The van der Waals surface area contributed by atoms with E-state index >= 15 is 0 Å². The number of rotatable bonds is 11. The standard InChI is InChI=1S/C6H14O3.C5H12O4.3C3H4O2/c1-2-6(3-7,4-8)5-9;6-1-5(2-7,3-8)4-9;3*1-2-3(4)5/h7-9H,2-5H2,1H3;6-9H,1-4H2;3*2H,1H2,(H,4,5). The molecule has 0 aliphatic rings. The number of aliphatic carboxylic acids is 3. The Hall–Kier alpha value is -2.65. The molecular weight excluding hydrogens is 448 g/mol. The van der Waals surface area contributed by atoms with E-state index < -0.39 is 55.2 Å². The van der Waals surface area contributed by atoms with Gasteiger partial charge >= 0.3 is 17.9 Å². The molecule has 0 radical (unpaired) electrons. The van der Waals surface area contributed by atoms with E-state index in [-0.39, 0.29) is 19.8 Å². The number of hydrogen-bond donors (Lipinski definition) is 10. The molecule has 33 heavy (non-hydrogen) atoms. The van der Waals surface area contributed by atoms with E-state index in [0.29, 0.717) is 6.42 Å². The SMILES string of the molecule is C=CC(=O)O.C=CC(=O)O.C=CC(=O)O.CCC(CO)(CO)CO.OCC(CO)(CO)CO. The maximum atomic E-state index is 9.25. The second-order valence-corrected chi connectivity index (χ2v) is 6.09. The summed E-state index contributed by atoms with van der Waals surface area (Å²) in [6.07, 6.45) is 3.09. The summed E-state index contributed by atoms with van der Waals surface area (Å²) in [5.74, 6) is -2.94. The van der Waals surface area contributed by atoms with Crippen LogP contribution >= 0.6 is 0 Å². The van der Waals surface area contributed by atoms with Crippen LogP contribution in [0.2, 0.25) is 0 Å². The lowest BCUT2D eigenvalue weighted by atomic mass is 9.88. The van der Waals surface area contributed by atoms with Crippen LogP contribution in [0.4, 0.5) is 0 Å². The van der Waals surface area contributed by atoms with E-state index in [1.54, 1.807) is 0 Å². The average Bonchev–Trinajstić information content (AvgIpc) is 2.84. The molecule has 13 heteroatoms. The van der Waals surface area contributed by atoms with Gasteiger partial charge in [-0.1, -0.05) is 26.7 Å². The van der Waals surface area contributed by atoms with Gasteiger partial charge in [-0.15, -0.1) is 0 Å². The normalized spacial score (nSPS) is 9.45. The molecule has 13 nitrogen and oxygen atoms in total. The van der Waals surface area contributed by atoms with Crippen LogP contribution < -0.4 is 0 Å². The summed E-state index contributed by atoms with van der Waals surface area (Å²) in [5, 5.41) is 82.8. The molecule has 0 aromatic carbocycles. The Labute approximate surface area is 192 Å². The van der Waals surface area contributed by atoms with Crippen LogP contribution in [0.1, 0.15) is 13.3 Å². The number of carboxylic acid groups (broad SMARTS) is 3. The van der Waals surface area contributed by atoms with Crippen LogP contribution in [0.5, 0.6) is 0 Å². The van der Waals surface area contributed by atoms with Crippen LogP contribution in [-0.4, -0.2) is 115 Å². The highest BCUT2D eigenvalue weighted by Crippen LogP contribution is 2.18. The van der Waals surface area contributed by atoms with E-state index in [9.17, 15) is 14.4 Å². The second kappa shape index (κ2) is 27.4. The predicted octanol–water partition coefficient (Wildman–Crippen LogP) is -1.93. The maximum Gasteiger partial charge on any atom is 0.327 e. The summed E-state index contributed by atoms with van der Waals surface area (Å²) >= 11 is 0. The van der Waals surface area contributed by atoms with E-state index in [4.69, 9.17) is 51.1 Å². The Morgan fingerprint density at radius 2 is 0.697 bits per heavy atom. The van der Waals surface area contributed by atoms with Gasteiger partial charge in [0.1, 0.15) is 0 Å². The topological polar surface area (TPSA) is 254 Å². The number of aliphatic hydroxyl groups is 7. The summed E-state index contributed by atoms with van der Waals surface area (Å²) in [6, 6.07) is 0. The van der Waals surface area contributed by atoms with Crippen LogP contribution in [0.25, 0.3) is 0 Å². The number of carbonyl (C=O) groups is 3. The average molecular weight is 487 g/mol. The lowest BCUT2D eigenvalue weighted by Gasteiger charge is -2.24. The molecule has 0 heterocycles. The zero-order chi connectivity index (χ0) is 27.5. The largest absolute Gasteiger partial charge is 0.478 e. The third kappa shape index (κ3) is 29.4. The Morgan fingerprint density at radius 1 is 0.545 bits per heavy atom. The van der Waals surface area contributed by atoms with Gasteiger partial charge in [-0.3, -0.25) is 0 Å². The lowest BCUT2D eigenvalue weighted by Crippen LogP contribution is -2.37. The van der Waals surface area contributed by atoms with Crippen LogP contribution in [-0.2, 0) is 14.4 Å². The molecule has 0 saturated carbocycles. The van der Waals surface area contributed by atoms with Gasteiger partial charge in [0.2, 0.25) is 0 Å². The van der Waals surface area contributed by atoms with Gasteiger partial charge in [-0.25, -0.2) is 14.4 Å². The molecule has 0 bridgehead atoms. The summed E-state index contributed by atoms with van der Waals surface area (Å²) in [7, 11) is 0. The molecule has 0 amide bonds. The zero-order valence-electron chi connectivity index (χ0n) is 18.7. The van der Waals surface area contributed by atoms with Gasteiger partial charge in [0, 0.05) is 23.6 Å². The van der Waals surface area contributed by atoms with Crippen molar-refractivity contribution in [3.8, 4) is 0 Å². The summed E-state index contributed by atoms with van der Waals surface area (Å²) in [6.45, 7) is 8.61. The molecule has 0 saturated heterocycles. The minimum absolute atomic E-state index is 0.156. The first kappa shape index (κ1) is 40.7. The molecule has 0 rings (SSSR count). The maximum absolute atomic E-state index is 9.25. The Morgan fingerprint density at radius 3 is 0.697 bits per heavy atom. The van der Waals surface area contributed by atoms with Gasteiger partial charge in [0.05, 0.1) is 51.7 Å². The molecule has 0 aromatic heterocycles. The van der Waals surface area contributed by atoms with Crippen LogP contribution in [0.15, 0.2) is 38.0 Å². The van der Waals surface area contributed by atoms with Crippen LogP contribution in [0.3, 0.4) is 0 Å². The first-order chi connectivity index (χ1) is 15.3. The quantitative estimate of drug-likeness (QED) is 0.143. The smallest absolute Gasteiger partial charge is 0.327 e. The third-order valence-corrected chi connectivity index (χ3v) is 3.62. The van der Waals surface area contributed by atoms with Crippen molar-refractivity contribution in [1.82, 2.24) is 0 Å². The monoisotopic (exact) mass is 486 g/mol. The van der Waals surface area contributed by atoms with Gasteiger partial charge in [-0.2, -0.15) is 0 Å². The van der Waals surface area contributed by atoms with E-state index in [0.717, 1.165) is 18.2 Å². The summed E-state index contributed by atoms with van der Waals surface area (Å²) in [5.41, 5.74) is -1.78. The number of aliphatic hydroxyl groups excluding tert-OH is 7. The van der Waals surface area contributed by atoms with Gasteiger partial charge < -0.3 is 51.1 Å². The van der Waals surface area contributed by atoms with Crippen molar-refractivity contribution in [2.45, 2.75) is 13.3 Å². The molecule has 0 fully saturated rings. The first-order valence-electron chi connectivity index (χ1n) is 9.12. The second-order valence-electron chi connectivity index (χ2n) is 6.09. The molecule has 0 aliphatic heterocycles. The fourth-order valence-electron chi connectivity index (χ4n) is 0.785. The molecule has 0 spiro atoms. The highest BCUT2D eigenvalue weighted by molar-refractivity contribution is 5.79. The molecule has 0 aromatic rings. The Bertz CT molecular complexity index is 426. The van der Waals surface area contributed by atoms with E-state index in [1.807, 2.05) is 6.92 Å². The highest BCUT2D eigenvalue weighted by Gasteiger charge is 2.26. The van der Waals surface area contributed by atoms with Crippen molar-refractivity contribution in [3.63, 3.8) is 0 Å². The molecule has 0 aliphatic carbocycles. The third-order valence-electron chi connectivity index (χ3n) is 3.62. The summed E-state index contributed by atoms with van der Waals surface area (Å²) < 4.78 is 0. The van der Waals surface area contributed by atoms with Gasteiger partial charge in [0.15, 0.2) is 0 Å². The minimum atomic E-state index is -1.11. The summed E-state index contributed by atoms with van der Waals surface area (Å²) in [4.78, 5) is 27.8. The van der Waals surface area contributed by atoms with Crippen molar-refractivity contribution in [1.29, 1.82) is 0 Å². The van der Waals surface area contributed by atoms with Crippen molar-refractivity contribution < 1.29 is 65.4 Å². The predicted molar refractivity (Wildman–Crippen MR) is 118 cm³/mol. The Balaban J connectivity index is -0.000000102. The highest BCUT2D eigenvalue weighted by atomic mass is 16.4. The molecule has 0 atom stereocenters. The van der Waals surface area contributed by atoms with E-state index in [2.05, 4.69) is 19.7 Å². The van der Waals surface area contributed by atoms with Crippen molar-refractivity contribution in [2.24, 2.45) is 10.8 Å². The first-order valence-corrected chi connectivity index (χ1v) is 9.12. The van der Waals surface area contributed by atoms with Gasteiger partial charge in [-0.05, 0) is 6.42 Å². The van der Waals surface area contributed by atoms with Crippen molar-refractivity contribution >= 4 is 17.9 Å². The molecular formula is C20H38O13. The molecule has 0 unspecified atom stereocenters. The molecule has 196 valence electrons. The van der Waals surface area contributed by atoms with Crippen LogP contribution in [0, 0.1) is 10.8 Å². The van der Waals surface area contributed by atoms with Crippen molar-refractivity contribution in [2.75, 3.05) is 46.2 Å². The van der Waals surface area contributed by atoms with Crippen molar-refractivity contribution in [3.05, 3.63) is 38.0 Å². The lowest BCUT2D eigenvalue weighted by molar-refractivity contribution is -0.132. The number of carboxylic acids is 3. The Kier molecular flexibility index (Phi) is 33.8. The minimum Gasteiger partial charge on any atom is -0.478 e. The molecule has 10 N–H and O–H groups in total. The fraction of sp³-hybridized carbons (Fsp3) is 0.550. The van der Waals surface area contributed by atoms with Gasteiger partial charge in [0.25, 0.3) is 0 Å². The number of hydrogen-bond acceptors (Lipinski definition) is 10. The van der Waals surface area contributed by atoms with E-state index in [1.165, 1.54) is 0 Å².